The number of hydrogen-bond acceptors (Lipinski definition) is 5. The first-order valence-corrected chi connectivity index (χ1v) is 11.0. The van der Waals surface area contributed by atoms with Crippen LogP contribution in [-0.2, 0) is 19.6 Å². The van der Waals surface area contributed by atoms with Crippen molar-refractivity contribution in [3.8, 4) is 0 Å². The molecule has 0 amide bonds. The van der Waals surface area contributed by atoms with Crippen LogP contribution in [0.2, 0.25) is 0 Å². The Hall–Kier alpha value is -1.79. The topological polar surface area (TPSA) is 67.1 Å². The van der Waals surface area contributed by atoms with Gasteiger partial charge in [0.2, 0.25) is 0 Å². The van der Waals surface area contributed by atoms with Gasteiger partial charge in [-0.3, -0.25) is 9.58 Å². The summed E-state index contributed by atoms with van der Waals surface area (Å²) in [5.41, 5.74) is 3.26. The summed E-state index contributed by atoms with van der Waals surface area (Å²) in [6, 6.07) is 2.12. The molecule has 28 heavy (non-hydrogen) atoms. The summed E-state index contributed by atoms with van der Waals surface area (Å²) < 4.78 is 2.10. The number of aryl methyl sites for hydroxylation is 1. The molecule has 2 fully saturated rings. The highest BCUT2D eigenvalue weighted by Crippen LogP contribution is 2.40. The van der Waals surface area contributed by atoms with E-state index in [9.17, 15) is 5.11 Å². The number of hydrogen-bond donors (Lipinski definition) is 1. The Morgan fingerprint density at radius 1 is 1.00 bits per heavy atom. The number of aromatic nitrogens is 4. The van der Waals surface area contributed by atoms with Crippen molar-refractivity contribution in [1.29, 1.82) is 0 Å². The van der Waals surface area contributed by atoms with Gasteiger partial charge in [-0.25, -0.2) is 9.97 Å². The fourth-order valence-electron chi connectivity index (χ4n) is 4.76. The van der Waals surface area contributed by atoms with Crippen molar-refractivity contribution in [3.63, 3.8) is 0 Å². The lowest BCUT2D eigenvalue weighted by Crippen LogP contribution is -2.23. The lowest BCUT2D eigenvalue weighted by molar-refractivity contribution is 0.148. The van der Waals surface area contributed by atoms with E-state index in [0.29, 0.717) is 11.8 Å². The molecule has 6 nitrogen and oxygen atoms in total. The molecule has 0 bridgehead atoms. The van der Waals surface area contributed by atoms with E-state index in [1.807, 2.05) is 12.4 Å². The monoisotopic (exact) mass is 381 g/mol. The van der Waals surface area contributed by atoms with Gasteiger partial charge in [-0.05, 0) is 44.1 Å². The predicted octanol–water partition coefficient (Wildman–Crippen LogP) is 3.57. The number of aliphatic hydroxyl groups excluding tert-OH is 1. The van der Waals surface area contributed by atoms with Crippen LogP contribution in [0, 0.1) is 5.92 Å². The predicted molar refractivity (Wildman–Crippen MR) is 106 cm³/mol. The van der Waals surface area contributed by atoms with E-state index in [-0.39, 0.29) is 6.10 Å². The van der Waals surface area contributed by atoms with Crippen LogP contribution in [0.3, 0.4) is 0 Å². The lowest BCUT2D eigenvalue weighted by atomic mass is 9.89. The summed E-state index contributed by atoms with van der Waals surface area (Å²) in [7, 11) is 0. The Labute approximate surface area is 167 Å². The minimum Gasteiger partial charge on any atom is -0.386 e. The first-order valence-electron chi connectivity index (χ1n) is 11.0. The number of rotatable bonds is 5. The van der Waals surface area contributed by atoms with Crippen molar-refractivity contribution >= 4 is 0 Å². The Morgan fingerprint density at radius 2 is 1.79 bits per heavy atom. The van der Waals surface area contributed by atoms with E-state index >= 15 is 0 Å². The Bertz CT molecular complexity index is 792. The number of nitrogens with zero attached hydrogens (tertiary/aromatic N) is 5. The largest absolute Gasteiger partial charge is 0.386 e. The van der Waals surface area contributed by atoms with Gasteiger partial charge in [-0.2, -0.15) is 5.10 Å². The van der Waals surface area contributed by atoms with Crippen LogP contribution in [0.4, 0.5) is 0 Å². The molecule has 2 aromatic heterocycles. The molecule has 0 radical (unpaired) electrons. The van der Waals surface area contributed by atoms with E-state index < -0.39 is 0 Å². The standard InChI is InChI=1S/C22H31N5O/c28-21(17-7-8-17)20-11-19-15-26(9-4-10-27(19)25-20)14-16-12-23-22(24-13-16)18-5-2-1-3-6-18/h11-13,17-18,21,28H,1-10,14-15H2/t21-/m1/s1. The molecule has 5 rings (SSSR count). The molecule has 3 heterocycles. The third kappa shape index (κ3) is 3.98. The summed E-state index contributed by atoms with van der Waals surface area (Å²) in [6.07, 6.45) is 13.5. The molecule has 0 aromatic carbocycles. The highest BCUT2D eigenvalue weighted by atomic mass is 16.3. The zero-order valence-electron chi connectivity index (χ0n) is 16.6. The van der Waals surface area contributed by atoms with Gasteiger partial charge in [-0.1, -0.05) is 19.3 Å². The van der Waals surface area contributed by atoms with Crippen molar-refractivity contribution in [2.45, 2.75) is 83.0 Å². The van der Waals surface area contributed by atoms with Crippen LogP contribution in [0.1, 0.15) is 86.2 Å². The highest BCUT2D eigenvalue weighted by molar-refractivity contribution is 5.16. The van der Waals surface area contributed by atoms with Crippen LogP contribution >= 0.6 is 0 Å². The van der Waals surface area contributed by atoms with Gasteiger partial charge in [0.05, 0.1) is 11.4 Å². The lowest BCUT2D eigenvalue weighted by Gasteiger charge is -2.21. The van der Waals surface area contributed by atoms with Gasteiger partial charge in [0, 0.05) is 50.1 Å². The molecule has 0 saturated heterocycles. The molecule has 0 spiro atoms. The molecule has 3 aliphatic rings. The van der Waals surface area contributed by atoms with Crippen molar-refractivity contribution in [2.24, 2.45) is 5.92 Å². The van der Waals surface area contributed by atoms with Crippen molar-refractivity contribution < 1.29 is 5.11 Å². The molecule has 0 unspecified atom stereocenters. The van der Waals surface area contributed by atoms with E-state index in [2.05, 4.69) is 15.6 Å². The van der Waals surface area contributed by atoms with Gasteiger partial charge in [0.1, 0.15) is 11.9 Å². The molecule has 6 heteroatoms. The summed E-state index contributed by atoms with van der Waals surface area (Å²) in [4.78, 5) is 11.9. The molecule has 1 atom stereocenters. The summed E-state index contributed by atoms with van der Waals surface area (Å²) in [5.74, 6) is 2.03. The van der Waals surface area contributed by atoms with E-state index in [1.54, 1.807) is 0 Å². The van der Waals surface area contributed by atoms with Crippen molar-refractivity contribution in [3.05, 3.63) is 41.2 Å². The maximum atomic E-state index is 10.4. The summed E-state index contributed by atoms with van der Waals surface area (Å²) in [6.45, 7) is 3.72. The van der Waals surface area contributed by atoms with E-state index in [4.69, 9.17) is 15.1 Å². The second kappa shape index (κ2) is 7.91. The smallest absolute Gasteiger partial charge is 0.131 e. The molecular formula is C22H31N5O. The molecule has 2 aromatic rings. The Morgan fingerprint density at radius 3 is 2.54 bits per heavy atom. The first kappa shape index (κ1) is 18.3. The zero-order valence-corrected chi connectivity index (χ0v) is 16.6. The average Bonchev–Trinajstić information content (AvgIpc) is 3.53. The quantitative estimate of drug-likeness (QED) is 0.858. The molecular weight excluding hydrogens is 350 g/mol. The second-order valence-corrected chi connectivity index (χ2v) is 8.91. The number of aliphatic hydroxyl groups is 1. The van der Waals surface area contributed by atoms with Gasteiger partial charge < -0.3 is 5.11 Å². The van der Waals surface area contributed by atoms with E-state index in [0.717, 1.165) is 57.0 Å². The molecule has 150 valence electrons. The fraction of sp³-hybridized carbons (Fsp3) is 0.682. The molecule has 1 N–H and O–H groups in total. The normalized spacial score (nSPS) is 22.6. The van der Waals surface area contributed by atoms with Gasteiger partial charge in [0.15, 0.2) is 0 Å². The third-order valence-corrected chi connectivity index (χ3v) is 6.59. The first-order chi connectivity index (χ1) is 13.8. The molecule has 2 aliphatic carbocycles. The maximum Gasteiger partial charge on any atom is 0.131 e. The molecule has 2 saturated carbocycles. The van der Waals surface area contributed by atoms with Crippen LogP contribution in [0.15, 0.2) is 18.5 Å². The highest BCUT2D eigenvalue weighted by Gasteiger charge is 2.33. The summed E-state index contributed by atoms with van der Waals surface area (Å²) in [5, 5.41) is 15.1. The maximum absolute atomic E-state index is 10.4. The summed E-state index contributed by atoms with van der Waals surface area (Å²) >= 11 is 0. The Kier molecular flexibility index (Phi) is 5.16. The van der Waals surface area contributed by atoms with Crippen LogP contribution in [-0.4, -0.2) is 36.3 Å². The average molecular weight is 382 g/mol. The third-order valence-electron chi connectivity index (χ3n) is 6.59. The molecule has 1 aliphatic heterocycles. The van der Waals surface area contributed by atoms with Gasteiger partial charge in [-0.15, -0.1) is 0 Å². The van der Waals surface area contributed by atoms with Crippen LogP contribution in [0.25, 0.3) is 0 Å². The van der Waals surface area contributed by atoms with Crippen LogP contribution < -0.4 is 0 Å². The minimum atomic E-state index is -0.381. The van der Waals surface area contributed by atoms with Crippen molar-refractivity contribution in [2.75, 3.05) is 6.54 Å². The zero-order chi connectivity index (χ0) is 18.9. The second-order valence-electron chi connectivity index (χ2n) is 8.91. The van der Waals surface area contributed by atoms with Gasteiger partial charge in [0.25, 0.3) is 0 Å². The van der Waals surface area contributed by atoms with Crippen molar-refractivity contribution in [1.82, 2.24) is 24.6 Å². The van der Waals surface area contributed by atoms with Crippen LogP contribution in [0.5, 0.6) is 0 Å². The fourth-order valence-corrected chi connectivity index (χ4v) is 4.76. The Balaban J connectivity index is 1.24. The minimum absolute atomic E-state index is 0.381. The van der Waals surface area contributed by atoms with E-state index in [1.165, 1.54) is 43.4 Å². The number of fused-ring (bicyclic) bond motifs is 1. The van der Waals surface area contributed by atoms with Gasteiger partial charge >= 0.3 is 0 Å². The SMILES string of the molecule is O[C@@H](c1cc2n(n1)CCCN(Cc1cnc(C3CCCCC3)nc1)C2)C1CC1.